The van der Waals surface area contributed by atoms with E-state index in [1.54, 1.807) is 18.2 Å². The van der Waals surface area contributed by atoms with Crippen LogP contribution in [0.1, 0.15) is 52.1 Å². The second kappa shape index (κ2) is 14.5. The molecule has 49 heavy (non-hydrogen) atoms. The van der Waals surface area contributed by atoms with Crippen LogP contribution in [-0.4, -0.2) is 59.5 Å². The van der Waals surface area contributed by atoms with Crippen LogP contribution in [0.4, 0.5) is 8.78 Å². The van der Waals surface area contributed by atoms with Crippen molar-refractivity contribution >= 4 is 27.6 Å². The largest absolute Gasteiger partial charge is 0.438 e. The Hall–Kier alpha value is -5.21. The topological polar surface area (TPSA) is 141 Å². The number of benzene rings is 2. The summed E-state index contributed by atoms with van der Waals surface area (Å²) in [5.74, 6) is -1.67. The minimum Gasteiger partial charge on any atom is -0.438 e. The van der Waals surface area contributed by atoms with Gasteiger partial charge in [-0.05, 0) is 79.1 Å². The van der Waals surface area contributed by atoms with E-state index in [9.17, 15) is 26.8 Å². The molecule has 0 spiro atoms. The lowest BCUT2D eigenvalue weighted by molar-refractivity contribution is 0.0888. The third-order valence-electron chi connectivity index (χ3n) is 8.13. The maximum absolute atomic E-state index is 14.3. The number of hydrogen-bond donors (Lipinski definition) is 2. The summed E-state index contributed by atoms with van der Waals surface area (Å²) in [7, 11) is -3.50. The van der Waals surface area contributed by atoms with Crippen molar-refractivity contribution in [2.45, 2.75) is 44.2 Å². The highest BCUT2D eigenvalue weighted by atomic mass is 32.2. The fourth-order valence-corrected chi connectivity index (χ4v) is 6.06. The Labute approximate surface area is 281 Å². The van der Waals surface area contributed by atoms with Crippen LogP contribution in [0.3, 0.4) is 0 Å². The van der Waals surface area contributed by atoms with Crippen molar-refractivity contribution in [3.8, 4) is 22.8 Å². The van der Waals surface area contributed by atoms with Crippen molar-refractivity contribution in [1.82, 2.24) is 25.0 Å². The SMILES string of the molecule is CS(=O)(=O)OCCc1ccc(-c2cccc(Oc3ncc(F)cc3C(=O)NC3CCC(NC(=O)c4cn5cc(F)ccc5n4)CC3)c2)cc1. The van der Waals surface area contributed by atoms with E-state index in [-0.39, 0.29) is 41.7 Å². The normalized spacial score (nSPS) is 16.3. The molecule has 0 bridgehead atoms. The Kier molecular flexibility index (Phi) is 9.97. The van der Waals surface area contributed by atoms with E-state index in [4.69, 9.17) is 8.92 Å². The third kappa shape index (κ3) is 8.83. The number of hydrogen-bond acceptors (Lipinski definition) is 8. The van der Waals surface area contributed by atoms with Crippen molar-refractivity contribution in [2.75, 3.05) is 12.9 Å². The summed E-state index contributed by atoms with van der Waals surface area (Å²) in [5, 5.41) is 5.92. The van der Waals surface area contributed by atoms with Crippen molar-refractivity contribution in [3.05, 3.63) is 114 Å². The summed E-state index contributed by atoms with van der Waals surface area (Å²) in [6.07, 6.45) is 7.52. The predicted octanol–water partition coefficient (Wildman–Crippen LogP) is 5.46. The number of imidazole rings is 1. The monoisotopic (exact) mass is 689 g/mol. The van der Waals surface area contributed by atoms with Gasteiger partial charge in [0.25, 0.3) is 21.9 Å². The summed E-state index contributed by atoms with van der Waals surface area (Å²) in [6.45, 7) is 0.0528. The summed E-state index contributed by atoms with van der Waals surface area (Å²) >= 11 is 0. The Morgan fingerprint density at radius 1 is 0.878 bits per heavy atom. The van der Waals surface area contributed by atoms with Crippen LogP contribution >= 0.6 is 0 Å². The highest BCUT2D eigenvalue weighted by Gasteiger charge is 2.26. The van der Waals surface area contributed by atoms with Gasteiger partial charge in [0.1, 0.15) is 34.3 Å². The van der Waals surface area contributed by atoms with Gasteiger partial charge >= 0.3 is 0 Å². The standard InChI is InChI=1S/C35H33F2N5O6S/c1-49(45,46)47-16-15-22-5-7-23(8-6-22)24-3-2-4-29(17-24)48-35-30(18-26(37)19-38-35)33(43)39-27-10-12-28(13-11-27)40-34(44)31-21-42-20-25(36)9-14-32(42)41-31/h2-9,14,17-21,27-28H,10-13,15-16H2,1H3,(H,39,43)(H,40,44). The number of carbonyl (C=O) groups excluding carboxylic acids is 2. The van der Waals surface area contributed by atoms with Crippen LogP contribution < -0.4 is 15.4 Å². The second-order valence-corrected chi connectivity index (χ2v) is 13.5. The highest BCUT2D eigenvalue weighted by Crippen LogP contribution is 2.29. The molecule has 5 aromatic rings. The first kappa shape index (κ1) is 33.7. The Morgan fingerprint density at radius 2 is 1.59 bits per heavy atom. The number of rotatable bonds is 11. The zero-order valence-electron chi connectivity index (χ0n) is 26.4. The fraction of sp³-hybridized carbons (Fsp3) is 0.257. The average Bonchev–Trinajstić information content (AvgIpc) is 3.50. The van der Waals surface area contributed by atoms with Crippen LogP contribution in [0.5, 0.6) is 11.6 Å². The van der Waals surface area contributed by atoms with Gasteiger partial charge in [-0.1, -0.05) is 36.4 Å². The van der Waals surface area contributed by atoms with Crippen LogP contribution in [0.15, 0.2) is 85.3 Å². The molecule has 1 saturated carbocycles. The molecule has 1 fully saturated rings. The molecule has 0 atom stereocenters. The lowest BCUT2D eigenvalue weighted by Gasteiger charge is -2.29. The van der Waals surface area contributed by atoms with Gasteiger partial charge in [0.05, 0.1) is 19.1 Å². The number of aromatic nitrogens is 3. The second-order valence-electron chi connectivity index (χ2n) is 11.8. The number of halogens is 2. The van der Waals surface area contributed by atoms with Gasteiger partial charge in [-0.25, -0.2) is 18.7 Å². The lowest BCUT2D eigenvalue weighted by Crippen LogP contribution is -2.44. The third-order valence-corrected chi connectivity index (χ3v) is 8.73. The van der Waals surface area contributed by atoms with Gasteiger partial charge in [-0.2, -0.15) is 8.42 Å². The van der Waals surface area contributed by atoms with Crippen LogP contribution in [0, 0.1) is 11.6 Å². The van der Waals surface area contributed by atoms with Crippen LogP contribution in [0.25, 0.3) is 16.8 Å². The van der Waals surface area contributed by atoms with E-state index in [2.05, 4.69) is 20.6 Å². The molecule has 1 aliphatic rings. The molecule has 2 amide bonds. The van der Waals surface area contributed by atoms with E-state index in [0.717, 1.165) is 35.2 Å². The van der Waals surface area contributed by atoms with E-state index in [1.807, 2.05) is 30.3 Å². The molecule has 0 saturated heterocycles. The molecular formula is C35H33F2N5O6S. The quantitative estimate of drug-likeness (QED) is 0.174. The van der Waals surface area contributed by atoms with E-state index >= 15 is 0 Å². The first-order valence-corrected chi connectivity index (χ1v) is 17.4. The molecule has 254 valence electrons. The van der Waals surface area contributed by atoms with Gasteiger partial charge in [-0.15, -0.1) is 0 Å². The molecule has 2 aromatic carbocycles. The summed E-state index contributed by atoms with van der Waals surface area (Å²) in [5.41, 5.74) is 3.21. The highest BCUT2D eigenvalue weighted by molar-refractivity contribution is 7.85. The number of ether oxygens (including phenoxy) is 1. The number of nitrogens with one attached hydrogen (secondary N) is 2. The Balaban J connectivity index is 1.05. The van der Waals surface area contributed by atoms with Crippen LogP contribution in [-0.2, 0) is 20.7 Å². The minimum atomic E-state index is -3.50. The van der Waals surface area contributed by atoms with E-state index < -0.39 is 27.7 Å². The number of fused-ring (bicyclic) bond motifs is 1. The van der Waals surface area contributed by atoms with Gasteiger partial charge in [0.2, 0.25) is 5.88 Å². The van der Waals surface area contributed by atoms with Crippen LogP contribution in [0.2, 0.25) is 0 Å². The van der Waals surface area contributed by atoms with Crippen molar-refractivity contribution in [1.29, 1.82) is 0 Å². The zero-order valence-corrected chi connectivity index (χ0v) is 27.3. The number of nitrogens with zero attached hydrogens (tertiary/aromatic N) is 3. The Bertz CT molecular complexity index is 2100. The van der Waals surface area contributed by atoms with Gasteiger partial charge < -0.3 is 19.8 Å². The van der Waals surface area contributed by atoms with Gasteiger partial charge in [0, 0.05) is 24.5 Å². The Morgan fingerprint density at radius 3 is 2.31 bits per heavy atom. The summed E-state index contributed by atoms with van der Waals surface area (Å²) in [6, 6.07) is 18.2. The lowest BCUT2D eigenvalue weighted by atomic mass is 9.91. The van der Waals surface area contributed by atoms with Gasteiger partial charge in [-0.3, -0.25) is 13.8 Å². The first-order valence-electron chi connectivity index (χ1n) is 15.6. The molecule has 2 N–H and O–H groups in total. The molecule has 6 rings (SSSR count). The molecule has 14 heteroatoms. The van der Waals surface area contributed by atoms with E-state index in [0.29, 0.717) is 43.5 Å². The first-order chi connectivity index (χ1) is 23.5. The smallest absolute Gasteiger partial charge is 0.271 e. The predicted molar refractivity (Wildman–Crippen MR) is 177 cm³/mol. The maximum Gasteiger partial charge on any atom is 0.271 e. The minimum absolute atomic E-state index is 0.0504. The molecule has 3 heterocycles. The zero-order chi connectivity index (χ0) is 34.5. The molecular weight excluding hydrogens is 656 g/mol. The van der Waals surface area contributed by atoms with Crippen molar-refractivity contribution < 1.29 is 35.7 Å². The van der Waals surface area contributed by atoms with Crippen molar-refractivity contribution in [3.63, 3.8) is 0 Å². The van der Waals surface area contributed by atoms with E-state index in [1.165, 1.54) is 28.9 Å². The number of amides is 2. The molecule has 11 nitrogen and oxygen atoms in total. The van der Waals surface area contributed by atoms with Gasteiger partial charge in [0.15, 0.2) is 0 Å². The summed E-state index contributed by atoms with van der Waals surface area (Å²) in [4.78, 5) is 34.4. The molecule has 0 radical (unpaired) electrons. The number of pyridine rings is 2. The molecule has 0 unspecified atom stereocenters. The number of carbonyl (C=O) groups is 2. The fourth-order valence-electron chi connectivity index (χ4n) is 5.67. The molecule has 3 aromatic heterocycles. The van der Waals surface area contributed by atoms with Crippen molar-refractivity contribution in [2.24, 2.45) is 0 Å². The maximum atomic E-state index is 14.3. The summed E-state index contributed by atoms with van der Waals surface area (Å²) < 4.78 is 62.4. The molecule has 0 aliphatic heterocycles. The average molecular weight is 690 g/mol. The molecule has 1 aliphatic carbocycles.